The van der Waals surface area contributed by atoms with Crippen LogP contribution in [0.4, 0.5) is 0 Å². The van der Waals surface area contributed by atoms with Gasteiger partial charge in [0.1, 0.15) is 5.60 Å². The van der Waals surface area contributed by atoms with Crippen molar-refractivity contribution in [2.75, 3.05) is 0 Å². The molecule has 25 heavy (non-hydrogen) atoms. The summed E-state index contributed by atoms with van der Waals surface area (Å²) in [5.74, 6) is 0. The molecule has 0 bridgehead atoms. The molecule has 1 rings (SSSR count). The molecule has 0 amide bonds. The first kappa shape index (κ1) is 22.6. The number of aromatic nitrogens is 1. The van der Waals surface area contributed by atoms with Crippen molar-refractivity contribution in [1.29, 1.82) is 0 Å². The first-order valence-electron chi connectivity index (χ1n) is 9.96. The summed E-state index contributed by atoms with van der Waals surface area (Å²) in [6.45, 7) is 13.4. The summed E-state index contributed by atoms with van der Waals surface area (Å²) < 4.78 is 7.60. The van der Waals surface area contributed by atoms with Crippen molar-refractivity contribution in [2.24, 2.45) is 5.41 Å². The Bertz CT molecular complexity index is 476. The summed E-state index contributed by atoms with van der Waals surface area (Å²) in [6.07, 6.45) is 12.6. The third-order valence-corrected chi connectivity index (χ3v) is 5.29. The van der Waals surface area contributed by atoms with Crippen molar-refractivity contribution in [3.63, 3.8) is 0 Å². The second-order valence-corrected chi connectivity index (χ2v) is 9.67. The Morgan fingerprint density at radius 1 is 0.960 bits per heavy atom. The summed E-state index contributed by atoms with van der Waals surface area (Å²) in [5.41, 5.74) is 0.749. The minimum atomic E-state index is -0.375. The zero-order valence-corrected chi connectivity index (χ0v) is 18.8. The molecule has 3 heteroatoms. The van der Waals surface area contributed by atoms with E-state index in [9.17, 15) is 0 Å². The third kappa shape index (κ3) is 8.68. The molecule has 0 N–H and O–H groups in total. The van der Waals surface area contributed by atoms with E-state index in [1.807, 2.05) is 12.3 Å². The van der Waals surface area contributed by atoms with Crippen LogP contribution in [0.2, 0.25) is 0 Å². The Morgan fingerprint density at radius 2 is 1.56 bits per heavy atom. The van der Waals surface area contributed by atoms with Gasteiger partial charge in [0.2, 0.25) is 0 Å². The predicted octanol–water partition coefficient (Wildman–Crippen LogP) is 7.65. The minimum absolute atomic E-state index is 0.134. The monoisotopic (exact) mass is 411 g/mol. The average molecular weight is 412 g/mol. The van der Waals surface area contributed by atoms with E-state index in [-0.39, 0.29) is 17.1 Å². The van der Waals surface area contributed by atoms with Crippen LogP contribution in [0.3, 0.4) is 0 Å². The lowest BCUT2D eigenvalue weighted by Gasteiger charge is -2.38. The highest BCUT2D eigenvalue weighted by atomic mass is 79.9. The molecule has 0 aliphatic rings. The highest BCUT2D eigenvalue weighted by molar-refractivity contribution is 9.10. The summed E-state index contributed by atoms with van der Waals surface area (Å²) in [6, 6.07) is 4.09. The number of ether oxygens (including phenoxy) is 1. The maximum absolute atomic E-state index is 6.60. The van der Waals surface area contributed by atoms with Crippen LogP contribution < -0.4 is 0 Å². The fourth-order valence-electron chi connectivity index (χ4n) is 3.10. The largest absolute Gasteiger partial charge is 0.365 e. The number of pyridine rings is 1. The Labute approximate surface area is 164 Å². The van der Waals surface area contributed by atoms with Gasteiger partial charge >= 0.3 is 0 Å². The van der Waals surface area contributed by atoms with Crippen LogP contribution in [-0.2, 0) is 10.3 Å². The first-order chi connectivity index (χ1) is 11.7. The number of halogens is 1. The van der Waals surface area contributed by atoms with E-state index in [0.717, 1.165) is 16.6 Å². The Balaban J connectivity index is 2.56. The number of nitrogens with zero attached hydrogens (tertiary/aromatic N) is 1. The maximum atomic E-state index is 6.60. The molecule has 1 unspecified atom stereocenters. The predicted molar refractivity (Wildman–Crippen MR) is 112 cm³/mol. The molecule has 0 aliphatic carbocycles. The van der Waals surface area contributed by atoms with Crippen LogP contribution in [0, 0.1) is 5.41 Å². The summed E-state index contributed by atoms with van der Waals surface area (Å²) in [5, 5.41) is 0. The van der Waals surface area contributed by atoms with Crippen molar-refractivity contribution in [3.8, 4) is 0 Å². The molecule has 0 spiro atoms. The van der Waals surface area contributed by atoms with Crippen LogP contribution in [0.5, 0.6) is 0 Å². The smallest absolute Gasteiger partial charge is 0.105 e. The van der Waals surface area contributed by atoms with Gasteiger partial charge < -0.3 is 4.74 Å². The van der Waals surface area contributed by atoms with E-state index < -0.39 is 0 Å². The summed E-state index contributed by atoms with van der Waals surface area (Å²) in [7, 11) is 0. The topological polar surface area (TPSA) is 22.1 Å². The molecule has 2 nitrogen and oxygen atoms in total. The molecule has 0 saturated carbocycles. The normalized spacial score (nSPS) is 13.9. The van der Waals surface area contributed by atoms with Crippen molar-refractivity contribution in [1.82, 2.24) is 4.98 Å². The Hall–Kier alpha value is -0.410. The van der Waals surface area contributed by atoms with Crippen LogP contribution in [0.15, 0.2) is 22.8 Å². The molecule has 0 aromatic carbocycles. The van der Waals surface area contributed by atoms with Crippen molar-refractivity contribution >= 4 is 15.9 Å². The van der Waals surface area contributed by atoms with Crippen molar-refractivity contribution in [2.45, 2.75) is 105 Å². The lowest BCUT2D eigenvalue weighted by Crippen LogP contribution is -2.37. The fourth-order valence-corrected chi connectivity index (χ4v) is 3.34. The molecule has 0 fully saturated rings. The number of unbranched alkanes of at least 4 members (excludes halogenated alkanes) is 6. The van der Waals surface area contributed by atoms with Crippen molar-refractivity contribution < 1.29 is 4.74 Å². The lowest BCUT2D eigenvalue weighted by molar-refractivity contribution is -0.124. The molecule has 144 valence electrons. The third-order valence-electron chi connectivity index (χ3n) is 4.82. The van der Waals surface area contributed by atoms with E-state index in [1.54, 1.807) is 0 Å². The molecule has 1 aromatic heterocycles. The van der Waals surface area contributed by atoms with Crippen LogP contribution >= 0.6 is 15.9 Å². The first-order valence-corrected chi connectivity index (χ1v) is 10.8. The molecular formula is C22H38BrNO. The van der Waals surface area contributed by atoms with E-state index in [0.29, 0.717) is 0 Å². The van der Waals surface area contributed by atoms with Crippen LogP contribution in [0.1, 0.15) is 98.6 Å². The van der Waals surface area contributed by atoms with Gasteiger partial charge in [-0.2, -0.15) is 0 Å². The Kier molecular flexibility index (Phi) is 9.66. The van der Waals surface area contributed by atoms with Gasteiger partial charge in [0.25, 0.3) is 0 Å². The molecule has 0 aliphatic heterocycles. The number of hydrogen-bond acceptors (Lipinski definition) is 2. The number of hydrogen-bond donors (Lipinski definition) is 0. The minimum Gasteiger partial charge on any atom is -0.365 e. The quantitative estimate of drug-likeness (QED) is 0.348. The van der Waals surface area contributed by atoms with Gasteiger partial charge in [-0.05, 0) is 53.7 Å². The molecular weight excluding hydrogens is 374 g/mol. The molecule has 0 radical (unpaired) electrons. The zero-order valence-electron chi connectivity index (χ0n) is 17.2. The standard InChI is InChI=1S/C22H38BrNO/c1-7-8-9-10-11-12-13-14-20(21(2,3)4)25-22(5,6)19-16-15-18(23)17-24-19/h15-17,20H,7-14H2,1-6H3. The summed E-state index contributed by atoms with van der Waals surface area (Å²) >= 11 is 3.46. The number of rotatable bonds is 11. The van der Waals surface area contributed by atoms with E-state index >= 15 is 0 Å². The second kappa shape index (κ2) is 10.7. The highest BCUT2D eigenvalue weighted by Gasteiger charge is 2.33. The molecule has 1 atom stereocenters. The maximum Gasteiger partial charge on any atom is 0.105 e. The lowest BCUT2D eigenvalue weighted by atomic mass is 9.85. The molecule has 1 heterocycles. The summed E-state index contributed by atoms with van der Waals surface area (Å²) in [4.78, 5) is 4.55. The molecule has 1 aromatic rings. The zero-order chi connectivity index (χ0) is 18.9. The molecule has 0 saturated heterocycles. The van der Waals surface area contributed by atoms with Gasteiger partial charge in [-0.15, -0.1) is 0 Å². The van der Waals surface area contributed by atoms with E-state index in [1.165, 1.54) is 44.9 Å². The second-order valence-electron chi connectivity index (χ2n) is 8.75. The van der Waals surface area contributed by atoms with Gasteiger partial charge in [-0.1, -0.05) is 72.6 Å². The van der Waals surface area contributed by atoms with Crippen LogP contribution in [-0.4, -0.2) is 11.1 Å². The SMILES string of the molecule is CCCCCCCCCC(OC(C)(C)c1ccc(Br)cn1)C(C)(C)C. The van der Waals surface area contributed by atoms with Gasteiger partial charge in [0.05, 0.1) is 11.8 Å². The Morgan fingerprint density at radius 3 is 2.08 bits per heavy atom. The average Bonchev–Trinajstić information content (AvgIpc) is 2.52. The van der Waals surface area contributed by atoms with Gasteiger partial charge in [0, 0.05) is 10.7 Å². The van der Waals surface area contributed by atoms with Crippen molar-refractivity contribution in [3.05, 3.63) is 28.5 Å². The highest BCUT2D eigenvalue weighted by Crippen LogP contribution is 2.34. The van der Waals surface area contributed by atoms with E-state index in [2.05, 4.69) is 68.5 Å². The van der Waals surface area contributed by atoms with E-state index in [4.69, 9.17) is 4.74 Å². The van der Waals surface area contributed by atoms with Gasteiger partial charge in [0.15, 0.2) is 0 Å². The van der Waals surface area contributed by atoms with Gasteiger partial charge in [-0.3, -0.25) is 4.98 Å². The fraction of sp³-hybridized carbons (Fsp3) is 0.773. The van der Waals surface area contributed by atoms with Crippen LogP contribution in [0.25, 0.3) is 0 Å². The van der Waals surface area contributed by atoms with Gasteiger partial charge in [-0.25, -0.2) is 0 Å².